The van der Waals surface area contributed by atoms with Gasteiger partial charge in [0.25, 0.3) is 0 Å². The van der Waals surface area contributed by atoms with Crippen molar-refractivity contribution in [3.63, 3.8) is 0 Å². The molecule has 2 rings (SSSR count). The summed E-state index contributed by atoms with van der Waals surface area (Å²) in [6.07, 6.45) is 0. The second-order valence-electron chi connectivity index (χ2n) is 12.9. The van der Waals surface area contributed by atoms with E-state index in [9.17, 15) is 19.8 Å². The molecule has 0 radical (unpaired) electrons. The SMILES string of the molecule is CC(C)(C)Oc1c(C(=O)[O-])cccc1C(C)(C)C.CC(C)(C)Oc1c(C(=O)[O-])cccc1C(C)(C)C.[Zn+2]. The molecule has 0 bridgehead atoms. The van der Waals surface area contributed by atoms with E-state index >= 15 is 0 Å². The van der Waals surface area contributed by atoms with E-state index in [1.807, 2.05) is 95.2 Å². The molecular formula is C30H42O6Zn. The first-order chi connectivity index (χ1) is 16.0. The van der Waals surface area contributed by atoms with Crippen LogP contribution in [0.15, 0.2) is 36.4 Å². The molecule has 0 unspecified atom stereocenters. The summed E-state index contributed by atoms with van der Waals surface area (Å²) in [5.41, 5.74) is 0.683. The molecule has 0 aliphatic heterocycles. The van der Waals surface area contributed by atoms with Crippen LogP contribution in [0.3, 0.4) is 0 Å². The van der Waals surface area contributed by atoms with Crippen molar-refractivity contribution in [1.29, 1.82) is 0 Å². The van der Waals surface area contributed by atoms with Crippen LogP contribution in [0, 0.1) is 0 Å². The Morgan fingerprint density at radius 2 is 0.838 bits per heavy atom. The molecule has 0 aliphatic carbocycles. The quantitative estimate of drug-likeness (QED) is 0.483. The topological polar surface area (TPSA) is 98.7 Å². The predicted octanol–water partition coefficient (Wildman–Crippen LogP) is 5.05. The molecule has 0 aliphatic rings. The van der Waals surface area contributed by atoms with Gasteiger partial charge >= 0.3 is 19.5 Å². The van der Waals surface area contributed by atoms with Gasteiger partial charge < -0.3 is 29.3 Å². The molecule has 7 heteroatoms. The maximum atomic E-state index is 11.2. The minimum absolute atomic E-state index is 0. The Morgan fingerprint density at radius 3 is 1.03 bits per heavy atom. The fraction of sp³-hybridized carbons (Fsp3) is 0.533. The van der Waals surface area contributed by atoms with Gasteiger partial charge in [-0.1, -0.05) is 65.8 Å². The molecule has 200 valence electrons. The summed E-state index contributed by atoms with van der Waals surface area (Å²) < 4.78 is 11.7. The Labute approximate surface area is 235 Å². The number of para-hydroxylation sites is 2. The first kappa shape index (κ1) is 34.6. The van der Waals surface area contributed by atoms with Crippen LogP contribution in [0.2, 0.25) is 0 Å². The number of ether oxygens (including phenoxy) is 2. The smallest absolute Gasteiger partial charge is 0.545 e. The zero-order valence-electron chi connectivity index (χ0n) is 24.6. The van der Waals surface area contributed by atoms with Crippen LogP contribution in [0.25, 0.3) is 0 Å². The van der Waals surface area contributed by atoms with E-state index < -0.39 is 23.1 Å². The summed E-state index contributed by atoms with van der Waals surface area (Å²) in [4.78, 5) is 22.4. The summed E-state index contributed by atoms with van der Waals surface area (Å²) in [6, 6.07) is 10.3. The van der Waals surface area contributed by atoms with Crippen molar-refractivity contribution in [2.24, 2.45) is 0 Å². The van der Waals surface area contributed by atoms with Crippen molar-refractivity contribution in [3.05, 3.63) is 58.7 Å². The van der Waals surface area contributed by atoms with E-state index in [-0.39, 0.29) is 41.4 Å². The normalized spacial score (nSPS) is 12.0. The van der Waals surface area contributed by atoms with Crippen LogP contribution < -0.4 is 19.7 Å². The third kappa shape index (κ3) is 10.9. The van der Waals surface area contributed by atoms with Crippen LogP contribution in [0.1, 0.15) is 115 Å². The molecule has 0 saturated carbocycles. The molecular weight excluding hydrogens is 522 g/mol. The van der Waals surface area contributed by atoms with Gasteiger partial charge in [0.1, 0.15) is 22.7 Å². The molecule has 0 heterocycles. The minimum Gasteiger partial charge on any atom is -0.545 e. The van der Waals surface area contributed by atoms with Gasteiger partial charge in [0.2, 0.25) is 0 Å². The third-order valence-electron chi connectivity index (χ3n) is 4.90. The van der Waals surface area contributed by atoms with E-state index in [0.717, 1.165) is 11.1 Å². The summed E-state index contributed by atoms with van der Waals surface area (Å²) in [7, 11) is 0. The van der Waals surface area contributed by atoms with Gasteiger partial charge in [-0.3, -0.25) is 0 Å². The molecule has 0 fully saturated rings. The number of hydrogen-bond donors (Lipinski definition) is 0. The van der Waals surface area contributed by atoms with E-state index in [0.29, 0.717) is 11.5 Å². The molecule has 2 aromatic rings. The van der Waals surface area contributed by atoms with E-state index in [1.165, 1.54) is 12.1 Å². The summed E-state index contributed by atoms with van der Waals surface area (Å²) >= 11 is 0. The maximum Gasteiger partial charge on any atom is 2.00 e. The average Bonchev–Trinajstić information content (AvgIpc) is 2.64. The van der Waals surface area contributed by atoms with Gasteiger partial charge in [0.05, 0.1) is 11.9 Å². The van der Waals surface area contributed by atoms with Crippen molar-refractivity contribution in [2.75, 3.05) is 0 Å². The van der Waals surface area contributed by atoms with Gasteiger partial charge in [0.15, 0.2) is 0 Å². The number of aromatic carboxylic acids is 2. The molecule has 2 aromatic carbocycles. The molecule has 37 heavy (non-hydrogen) atoms. The first-order valence-electron chi connectivity index (χ1n) is 12.1. The minimum atomic E-state index is -1.21. The first-order valence-corrected chi connectivity index (χ1v) is 12.1. The molecule has 0 atom stereocenters. The van der Waals surface area contributed by atoms with Crippen LogP contribution in [-0.4, -0.2) is 23.1 Å². The summed E-state index contributed by atoms with van der Waals surface area (Å²) in [6.45, 7) is 23.5. The third-order valence-corrected chi connectivity index (χ3v) is 4.90. The van der Waals surface area contributed by atoms with Crippen molar-refractivity contribution in [1.82, 2.24) is 0 Å². The molecule has 0 amide bonds. The Hall–Kier alpha value is -2.40. The van der Waals surface area contributed by atoms with E-state index in [2.05, 4.69) is 0 Å². The largest absolute Gasteiger partial charge is 2.00 e. The number of carbonyl (C=O) groups is 2. The van der Waals surface area contributed by atoms with Gasteiger partial charge in [-0.25, -0.2) is 0 Å². The Balaban J connectivity index is 0.000000682. The van der Waals surface area contributed by atoms with Crippen molar-refractivity contribution in [2.45, 2.75) is 105 Å². The van der Waals surface area contributed by atoms with Crippen molar-refractivity contribution >= 4 is 11.9 Å². The van der Waals surface area contributed by atoms with Gasteiger partial charge in [-0.2, -0.15) is 0 Å². The van der Waals surface area contributed by atoms with Crippen molar-refractivity contribution in [3.8, 4) is 11.5 Å². The molecule has 0 spiro atoms. The number of carboxylic acid groups (broad SMARTS) is 2. The van der Waals surface area contributed by atoms with E-state index in [4.69, 9.17) is 9.47 Å². The predicted molar refractivity (Wildman–Crippen MR) is 140 cm³/mol. The Morgan fingerprint density at radius 1 is 0.568 bits per heavy atom. The fourth-order valence-electron chi connectivity index (χ4n) is 3.41. The van der Waals surface area contributed by atoms with Crippen molar-refractivity contribution < 1.29 is 48.8 Å². The number of rotatable bonds is 4. The maximum absolute atomic E-state index is 11.2. The Bertz CT molecular complexity index is 990. The van der Waals surface area contributed by atoms with Crippen LogP contribution in [-0.2, 0) is 30.3 Å². The second-order valence-corrected chi connectivity index (χ2v) is 12.9. The number of carbonyl (C=O) groups excluding carboxylic acids is 2. The number of hydrogen-bond acceptors (Lipinski definition) is 6. The summed E-state index contributed by atoms with van der Waals surface area (Å²) in [5.74, 6) is -1.59. The monoisotopic (exact) mass is 562 g/mol. The van der Waals surface area contributed by atoms with Gasteiger partial charge in [-0.05, 0) is 64.5 Å². The second kappa shape index (κ2) is 12.4. The van der Waals surface area contributed by atoms with Crippen LogP contribution >= 0.6 is 0 Å². The molecule has 0 saturated heterocycles. The van der Waals surface area contributed by atoms with E-state index in [1.54, 1.807) is 12.1 Å². The molecule has 0 N–H and O–H groups in total. The zero-order valence-corrected chi connectivity index (χ0v) is 27.6. The van der Waals surface area contributed by atoms with Gasteiger partial charge in [-0.15, -0.1) is 0 Å². The summed E-state index contributed by atoms with van der Waals surface area (Å²) in [5, 5.41) is 22.4. The number of benzene rings is 2. The van der Waals surface area contributed by atoms with Crippen LogP contribution in [0.5, 0.6) is 11.5 Å². The van der Waals surface area contributed by atoms with Gasteiger partial charge in [0, 0.05) is 22.3 Å². The Kier molecular flexibility index (Phi) is 11.6. The number of carboxylic acids is 2. The zero-order chi connectivity index (χ0) is 28.3. The average molecular weight is 564 g/mol. The standard InChI is InChI=1S/2C15H22O3.Zn/c2*1-14(2,3)11-9-7-8-10(13(16)17)12(11)18-15(4,5)6;/h2*7-9H,1-6H3,(H,16,17);/q;;+2/p-2. The van der Waals surface area contributed by atoms with Crippen LogP contribution in [0.4, 0.5) is 0 Å². The fourth-order valence-corrected chi connectivity index (χ4v) is 3.41. The molecule has 0 aromatic heterocycles. The molecule has 6 nitrogen and oxygen atoms in total.